The van der Waals surface area contributed by atoms with Crippen molar-refractivity contribution in [2.24, 2.45) is 0 Å². The molecule has 110 valence electrons. The Balaban J connectivity index is 1.92. The molecule has 1 aromatic carbocycles. The van der Waals surface area contributed by atoms with Gasteiger partial charge in [0.25, 0.3) is 15.6 Å². The van der Waals surface area contributed by atoms with E-state index in [0.29, 0.717) is 12.3 Å². The predicted molar refractivity (Wildman–Crippen MR) is 78.5 cm³/mol. The van der Waals surface area contributed by atoms with E-state index in [4.69, 9.17) is 16.3 Å². The van der Waals surface area contributed by atoms with Crippen molar-refractivity contribution in [3.8, 4) is 5.75 Å². The molecule has 0 amide bonds. The van der Waals surface area contributed by atoms with Crippen molar-refractivity contribution in [1.82, 2.24) is 4.98 Å². The Morgan fingerprint density at radius 1 is 1.29 bits per heavy atom. The van der Waals surface area contributed by atoms with E-state index in [-0.39, 0.29) is 9.92 Å². The molecule has 0 unspecified atom stereocenters. The van der Waals surface area contributed by atoms with E-state index in [0.717, 1.165) is 30.0 Å². The highest BCUT2D eigenvalue weighted by atomic mass is 35.5. The number of aromatic nitrogens is 1. The van der Waals surface area contributed by atoms with Crippen molar-refractivity contribution in [1.29, 1.82) is 0 Å². The average molecular weight is 327 g/mol. The number of anilines is 1. The summed E-state index contributed by atoms with van der Waals surface area (Å²) in [6.45, 7) is 0.598. The van der Waals surface area contributed by atoms with Crippen LogP contribution in [-0.4, -0.2) is 20.0 Å². The Bertz CT molecular complexity index is 861. The predicted octanol–water partition coefficient (Wildman–Crippen LogP) is 1.76. The molecule has 8 heteroatoms. The zero-order valence-electron chi connectivity index (χ0n) is 10.7. The molecule has 0 atom stereocenters. The van der Waals surface area contributed by atoms with E-state index < -0.39 is 15.6 Å². The first-order chi connectivity index (χ1) is 9.95. The number of ether oxygens (including phenoxy) is 1. The molecule has 3 rings (SSSR count). The lowest BCUT2D eigenvalue weighted by atomic mass is 10.1. The van der Waals surface area contributed by atoms with Crippen LogP contribution < -0.4 is 15.0 Å². The Morgan fingerprint density at radius 2 is 2.10 bits per heavy atom. The molecule has 0 aliphatic carbocycles. The lowest BCUT2D eigenvalue weighted by Crippen LogP contribution is -2.16. The number of rotatable bonds is 3. The molecule has 2 heterocycles. The molecule has 0 radical (unpaired) electrons. The van der Waals surface area contributed by atoms with E-state index in [9.17, 15) is 13.2 Å². The summed E-state index contributed by atoms with van der Waals surface area (Å²) in [6, 6.07) is 6.18. The van der Waals surface area contributed by atoms with Gasteiger partial charge in [0.15, 0.2) is 0 Å². The zero-order valence-corrected chi connectivity index (χ0v) is 12.3. The summed E-state index contributed by atoms with van der Waals surface area (Å²) in [5.74, 6) is 0.769. The minimum atomic E-state index is -3.82. The molecule has 21 heavy (non-hydrogen) atoms. The van der Waals surface area contributed by atoms with Gasteiger partial charge in [-0.1, -0.05) is 11.6 Å². The molecule has 1 aliphatic heterocycles. The summed E-state index contributed by atoms with van der Waals surface area (Å²) in [6.07, 6.45) is 1.85. The van der Waals surface area contributed by atoms with Gasteiger partial charge in [0.1, 0.15) is 15.7 Å². The molecule has 0 spiro atoms. The van der Waals surface area contributed by atoms with Crippen LogP contribution >= 0.6 is 11.6 Å². The maximum atomic E-state index is 12.2. The third-order valence-electron chi connectivity index (χ3n) is 3.08. The van der Waals surface area contributed by atoms with Gasteiger partial charge in [0.2, 0.25) is 0 Å². The van der Waals surface area contributed by atoms with E-state index in [1.807, 2.05) is 0 Å². The number of aromatic amines is 1. The minimum absolute atomic E-state index is 0.108. The van der Waals surface area contributed by atoms with Crippen LogP contribution in [0.25, 0.3) is 0 Å². The number of hydrogen-bond donors (Lipinski definition) is 2. The lowest BCUT2D eigenvalue weighted by Gasteiger charge is -2.09. The fraction of sp³-hybridized carbons (Fsp3) is 0.154. The molecule has 2 N–H and O–H groups in total. The van der Waals surface area contributed by atoms with Crippen LogP contribution in [0.2, 0.25) is 5.02 Å². The number of H-pyrrole nitrogens is 1. The summed E-state index contributed by atoms with van der Waals surface area (Å²) in [7, 11) is -3.82. The number of pyridine rings is 1. The largest absolute Gasteiger partial charge is 0.493 e. The Labute approximate surface area is 125 Å². The quantitative estimate of drug-likeness (QED) is 0.899. The van der Waals surface area contributed by atoms with Crippen molar-refractivity contribution in [2.75, 3.05) is 11.3 Å². The number of sulfonamides is 1. The highest BCUT2D eigenvalue weighted by Crippen LogP contribution is 2.28. The second-order valence-electron chi connectivity index (χ2n) is 4.54. The van der Waals surface area contributed by atoms with Crippen LogP contribution in [0.5, 0.6) is 5.75 Å². The van der Waals surface area contributed by atoms with Crippen molar-refractivity contribution < 1.29 is 13.2 Å². The highest BCUT2D eigenvalue weighted by molar-refractivity contribution is 7.92. The molecule has 0 bridgehead atoms. The average Bonchev–Trinajstić information content (AvgIpc) is 2.88. The third kappa shape index (κ3) is 2.74. The monoisotopic (exact) mass is 326 g/mol. The summed E-state index contributed by atoms with van der Waals surface area (Å²) in [5, 5.41) is -0.180. The maximum Gasteiger partial charge on any atom is 0.266 e. The van der Waals surface area contributed by atoms with Crippen molar-refractivity contribution in [2.45, 2.75) is 11.3 Å². The molecule has 0 saturated carbocycles. The molecule has 6 nitrogen and oxygen atoms in total. The van der Waals surface area contributed by atoms with Gasteiger partial charge in [-0.15, -0.1) is 0 Å². The second kappa shape index (κ2) is 5.09. The normalized spacial score (nSPS) is 13.6. The van der Waals surface area contributed by atoms with Crippen molar-refractivity contribution in [3.63, 3.8) is 0 Å². The van der Waals surface area contributed by atoms with Gasteiger partial charge < -0.3 is 9.72 Å². The highest BCUT2D eigenvalue weighted by Gasteiger charge is 2.18. The minimum Gasteiger partial charge on any atom is -0.493 e. The van der Waals surface area contributed by atoms with Gasteiger partial charge in [-0.2, -0.15) is 0 Å². The summed E-state index contributed by atoms with van der Waals surface area (Å²) in [5.41, 5.74) is 0.849. The van der Waals surface area contributed by atoms with Crippen LogP contribution in [-0.2, 0) is 16.4 Å². The molecule has 2 aromatic rings. The maximum absolute atomic E-state index is 12.2. The smallest absolute Gasteiger partial charge is 0.266 e. The Morgan fingerprint density at radius 3 is 2.86 bits per heavy atom. The zero-order chi connectivity index (χ0) is 15.0. The van der Waals surface area contributed by atoms with Crippen LogP contribution in [0.1, 0.15) is 5.56 Å². The second-order valence-corrected chi connectivity index (χ2v) is 6.63. The molecule has 0 fully saturated rings. The number of halogens is 1. The van der Waals surface area contributed by atoms with Gasteiger partial charge in [-0.05, 0) is 29.8 Å². The third-order valence-corrected chi connectivity index (χ3v) is 4.72. The number of nitrogens with one attached hydrogen (secondary N) is 2. The molecule has 1 aromatic heterocycles. The van der Waals surface area contributed by atoms with Crippen LogP contribution in [0, 0.1) is 0 Å². The number of fused-ring (bicyclic) bond motifs is 1. The molecule has 0 saturated heterocycles. The summed E-state index contributed by atoms with van der Waals surface area (Å²) >= 11 is 5.65. The van der Waals surface area contributed by atoms with Gasteiger partial charge >= 0.3 is 0 Å². The fourth-order valence-electron chi connectivity index (χ4n) is 2.06. The number of hydrogen-bond acceptors (Lipinski definition) is 4. The van der Waals surface area contributed by atoms with Crippen molar-refractivity contribution >= 4 is 27.3 Å². The van der Waals surface area contributed by atoms with Crippen LogP contribution in [0.3, 0.4) is 0 Å². The Kier molecular flexibility index (Phi) is 3.38. The SMILES string of the molecule is O=c1[nH]cc(S(=O)(=O)Nc2ccc3c(c2)CCO3)cc1Cl. The van der Waals surface area contributed by atoms with Gasteiger partial charge in [-0.25, -0.2) is 8.42 Å². The first-order valence-electron chi connectivity index (χ1n) is 6.12. The van der Waals surface area contributed by atoms with Crippen molar-refractivity contribution in [3.05, 3.63) is 51.4 Å². The molecular weight excluding hydrogens is 316 g/mol. The Hall–Kier alpha value is -1.99. The topological polar surface area (TPSA) is 88.3 Å². The van der Waals surface area contributed by atoms with Crippen LogP contribution in [0.15, 0.2) is 40.2 Å². The first-order valence-corrected chi connectivity index (χ1v) is 7.98. The molecular formula is C13H11ClN2O4S. The van der Waals surface area contributed by atoms with Crippen LogP contribution in [0.4, 0.5) is 5.69 Å². The van der Waals surface area contributed by atoms with E-state index in [2.05, 4.69) is 9.71 Å². The summed E-state index contributed by atoms with van der Waals surface area (Å²) in [4.78, 5) is 13.3. The van der Waals surface area contributed by atoms with E-state index in [1.54, 1.807) is 18.2 Å². The standard InChI is InChI=1S/C13H11ClN2O4S/c14-11-6-10(7-15-13(11)17)21(18,19)16-9-1-2-12-8(5-9)3-4-20-12/h1-2,5-7,16H,3-4H2,(H,15,17). The lowest BCUT2D eigenvalue weighted by molar-refractivity contribution is 0.357. The van der Waals surface area contributed by atoms with Gasteiger partial charge in [0.05, 0.1) is 6.61 Å². The number of benzene rings is 1. The van der Waals surface area contributed by atoms with E-state index >= 15 is 0 Å². The van der Waals surface area contributed by atoms with Gasteiger partial charge in [0, 0.05) is 18.3 Å². The first kappa shape index (κ1) is 14.0. The van der Waals surface area contributed by atoms with Gasteiger partial charge in [-0.3, -0.25) is 9.52 Å². The fourth-order valence-corrected chi connectivity index (χ4v) is 3.34. The van der Waals surface area contributed by atoms with E-state index in [1.165, 1.54) is 0 Å². The molecule has 1 aliphatic rings. The summed E-state index contributed by atoms with van der Waals surface area (Å²) < 4.78 is 32.3.